The zero-order chi connectivity index (χ0) is 23.8. The van der Waals surface area contributed by atoms with E-state index in [-0.39, 0.29) is 28.5 Å². The molecule has 1 aromatic heterocycles. The number of rotatable bonds is 5. The Bertz CT molecular complexity index is 1470. The lowest BCUT2D eigenvalue weighted by Crippen LogP contribution is -2.40. The van der Waals surface area contributed by atoms with Crippen molar-refractivity contribution in [2.24, 2.45) is 4.99 Å². The van der Waals surface area contributed by atoms with E-state index in [9.17, 15) is 23.3 Å². The number of terminal acetylenes is 1. The molecule has 0 bridgehead atoms. The Labute approximate surface area is 198 Å². The van der Waals surface area contributed by atoms with Crippen molar-refractivity contribution in [1.29, 1.82) is 0 Å². The number of benzene rings is 2. The van der Waals surface area contributed by atoms with Gasteiger partial charge in [0.05, 0.1) is 26.6 Å². The molecule has 170 valence electrons. The van der Waals surface area contributed by atoms with Crippen molar-refractivity contribution in [3.63, 3.8) is 0 Å². The molecular weight excluding hydrogens is 488 g/mol. The third-order valence-electron chi connectivity index (χ3n) is 5.24. The maximum absolute atomic E-state index is 13.1. The largest absolute Gasteiger partial charge is 0.305 e. The number of nitro groups is 1. The summed E-state index contributed by atoms with van der Waals surface area (Å²) in [6.07, 6.45) is 6.32. The highest BCUT2D eigenvalue weighted by atomic mass is 35.5. The van der Waals surface area contributed by atoms with Crippen LogP contribution in [0.5, 0.6) is 0 Å². The predicted molar refractivity (Wildman–Crippen MR) is 124 cm³/mol. The normalized spacial score (nSPS) is 17.3. The summed E-state index contributed by atoms with van der Waals surface area (Å²) >= 11 is 6.94. The number of fused-ring (bicyclic) bond motifs is 1. The van der Waals surface area contributed by atoms with Crippen molar-refractivity contribution in [1.82, 2.24) is 8.87 Å². The lowest BCUT2D eigenvalue weighted by Gasteiger charge is -2.21. The summed E-state index contributed by atoms with van der Waals surface area (Å²) in [4.78, 5) is 28.2. The number of thiazole rings is 1. The topological polar surface area (TPSA) is 115 Å². The van der Waals surface area contributed by atoms with E-state index < -0.39 is 26.9 Å². The van der Waals surface area contributed by atoms with Crippen LogP contribution in [0.1, 0.15) is 12.8 Å². The highest BCUT2D eigenvalue weighted by Gasteiger charge is 2.39. The molecule has 1 unspecified atom stereocenters. The minimum atomic E-state index is -3.92. The molecule has 0 saturated carbocycles. The molecule has 4 rings (SSSR count). The van der Waals surface area contributed by atoms with Crippen LogP contribution in [0.4, 0.5) is 5.69 Å². The van der Waals surface area contributed by atoms with Gasteiger partial charge in [0.1, 0.15) is 6.04 Å². The van der Waals surface area contributed by atoms with E-state index in [2.05, 4.69) is 10.9 Å². The van der Waals surface area contributed by atoms with Crippen LogP contribution in [0.25, 0.3) is 10.2 Å². The highest BCUT2D eigenvalue weighted by Crippen LogP contribution is 2.28. The van der Waals surface area contributed by atoms with Gasteiger partial charge in [0.2, 0.25) is 10.0 Å². The van der Waals surface area contributed by atoms with Gasteiger partial charge in [-0.25, -0.2) is 8.42 Å². The molecule has 1 aliphatic heterocycles. The van der Waals surface area contributed by atoms with E-state index in [4.69, 9.17) is 18.0 Å². The first-order chi connectivity index (χ1) is 15.7. The van der Waals surface area contributed by atoms with Crippen LogP contribution in [-0.2, 0) is 21.4 Å². The quantitative estimate of drug-likeness (QED) is 0.300. The standard InChI is InChI=1S/C21H17ClN4O5S2/c1-2-11-24-17-10-7-15(26(28)29)13-19(17)32-21(24)23-20(27)18-4-3-12-25(18)33(30,31)16-8-5-14(22)6-9-16/h1,5-10,13,18H,3-4,11-12H2. The molecule has 1 amide bonds. The Morgan fingerprint density at radius 2 is 2.03 bits per heavy atom. The number of hydrogen-bond acceptors (Lipinski definition) is 6. The van der Waals surface area contributed by atoms with Crippen molar-refractivity contribution in [3.8, 4) is 12.3 Å². The number of sulfonamides is 1. The van der Waals surface area contributed by atoms with Crippen LogP contribution in [-0.4, -0.2) is 40.7 Å². The number of non-ortho nitro benzene ring substituents is 1. The first-order valence-corrected chi connectivity index (χ1v) is 12.4. The second-order valence-electron chi connectivity index (χ2n) is 7.26. The Kier molecular flexibility index (Phi) is 6.36. The Morgan fingerprint density at radius 3 is 2.70 bits per heavy atom. The molecule has 1 atom stereocenters. The summed E-state index contributed by atoms with van der Waals surface area (Å²) in [6.45, 7) is 0.293. The predicted octanol–water partition coefficient (Wildman–Crippen LogP) is 3.18. The van der Waals surface area contributed by atoms with Gasteiger partial charge in [0.25, 0.3) is 11.6 Å². The molecule has 0 aliphatic carbocycles. The smallest absolute Gasteiger partial charge is 0.270 e. The van der Waals surface area contributed by atoms with Crippen molar-refractivity contribution in [3.05, 3.63) is 62.4 Å². The summed E-state index contributed by atoms with van der Waals surface area (Å²) in [5.74, 6) is 1.88. The summed E-state index contributed by atoms with van der Waals surface area (Å²) in [7, 11) is -3.92. The lowest BCUT2D eigenvalue weighted by atomic mass is 10.2. The molecule has 1 saturated heterocycles. The second-order valence-corrected chi connectivity index (χ2v) is 10.6. The molecule has 1 fully saturated rings. The molecule has 2 aromatic carbocycles. The lowest BCUT2D eigenvalue weighted by molar-refractivity contribution is -0.384. The van der Waals surface area contributed by atoms with Gasteiger partial charge in [-0.15, -0.1) is 6.42 Å². The highest BCUT2D eigenvalue weighted by molar-refractivity contribution is 7.89. The number of amides is 1. The number of aromatic nitrogens is 1. The van der Waals surface area contributed by atoms with Gasteiger partial charge in [-0.3, -0.25) is 14.9 Å². The number of carbonyl (C=O) groups is 1. The minimum absolute atomic E-state index is 0.0446. The van der Waals surface area contributed by atoms with Gasteiger partial charge in [0.15, 0.2) is 4.80 Å². The van der Waals surface area contributed by atoms with Crippen LogP contribution in [0, 0.1) is 22.5 Å². The summed E-state index contributed by atoms with van der Waals surface area (Å²) in [5, 5.41) is 11.5. The van der Waals surface area contributed by atoms with E-state index in [1.54, 1.807) is 10.6 Å². The molecule has 33 heavy (non-hydrogen) atoms. The number of halogens is 1. The Balaban J connectivity index is 1.73. The van der Waals surface area contributed by atoms with Crippen LogP contribution in [0.15, 0.2) is 52.4 Å². The first-order valence-electron chi connectivity index (χ1n) is 9.79. The fourth-order valence-electron chi connectivity index (χ4n) is 3.69. The van der Waals surface area contributed by atoms with E-state index in [0.717, 1.165) is 15.6 Å². The molecule has 0 N–H and O–H groups in total. The number of carbonyl (C=O) groups excluding carboxylic acids is 1. The maximum Gasteiger partial charge on any atom is 0.270 e. The molecule has 0 radical (unpaired) electrons. The molecule has 2 heterocycles. The van der Waals surface area contributed by atoms with Gasteiger partial charge < -0.3 is 4.57 Å². The van der Waals surface area contributed by atoms with Crippen molar-refractivity contribution < 1.29 is 18.1 Å². The fraction of sp³-hybridized carbons (Fsp3) is 0.238. The van der Waals surface area contributed by atoms with E-state index in [1.807, 2.05) is 0 Å². The second kappa shape index (κ2) is 9.07. The van der Waals surface area contributed by atoms with E-state index >= 15 is 0 Å². The van der Waals surface area contributed by atoms with Gasteiger partial charge in [-0.2, -0.15) is 9.30 Å². The number of hydrogen-bond donors (Lipinski definition) is 0. The van der Waals surface area contributed by atoms with Gasteiger partial charge in [-0.05, 0) is 43.2 Å². The zero-order valence-corrected chi connectivity index (χ0v) is 19.4. The number of nitrogens with zero attached hydrogens (tertiary/aromatic N) is 4. The zero-order valence-electron chi connectivity index (χ0n) is 17.0. The molecule has 12 heteroatoms. The van der Waals surface area contributed by atoms with Crippen molar-refractivity contribution in [2.45, 2.75) is 30.3 Å². The third-order valence-corrected chi connectivity index (χ3v) is 8.46. The van der Waals surface area contributed by atoms with Gasteiger partial charge in [-0.1, -0.05) is 28.9 Å². The molecule has 3 aromatic rings. The minimum Gasteiger partial charge on any atom is -0.305 e. The molecular formula is C21H17ClN4O5S2. The van der Waals surface area contributed by atoms with Gasteiger partial charge >= 0.3 is 0 Å². The van der Waals surface area contributed by atoms with Gasteiger partial charge in [0, 0.05) is 23.7 Å². The molecule has 0 spiro atoms. The summed E-state index contributed by atoms with van der Waals surface area (Å²) < 4.78 is 29.6. The molecule has 1 aliphatic rings. The summed E-state index contributed by atoms with van der Waals surface area (Å²) in [5.41, 5.74) is 0.512. The average molecular weight is 505 g/mol. The maximum atomic E-state index is 13.1. The monoisotopic (exact) mass is 504 g/mol. The molecule has 9 nitrogen and oxygen atoms in total. The van der Waals surface area contributed by atoms with Crippen molar-refractivity contribution in [2.75, 3.05) is 6.54 Å². The third kappa shape index (κ3) is 4.43. The number of nitro benzene ring substituents is 1. The fourth-order valence-corrected chi connectivity index (χ4v) is 6.53. The summed E-state index contributed by atoms with van der Waals surface area (Å²) in [6, 6.07) is 9.09. The van der Waals surface area contributed by atoms with Crippen LogP contribution >= 0.6 is 22.9 Å². The Hall–Kier alpha value is -3.04. The van der Waals surface area contributed by atoms with E-state index in [1.165, 1.54) is 36.4 Å². The first kappa shape index (κ1) is 23.1. The van der Waals surface area contributed by atoms with Crippen LogP contribution < -0.4 is 4.80 Å². The van der Waals surface area contributed by atoms with Crippen LogP contribution in [0.3, 0.4) is 0 Å². The SMILES string of the molecule is C#CCn1c(=NC(=O)C2CCCN2S(=O)(=O)c2ccc(Cl)cc2)sc2cc([N+](=O)[O-])ccc21. The van der Waals surface area contributed by atoms with Crippen molar-refractivity contribution >= 4 is 54.8 Å². The van der Waals surface area contributed by atoms with E-state index in [0.29, 0.717) is 28.1 Å². The van der Waals surface area contributed by atoms with Crippen LogP contribution in [0.2, 0.25) is 5.02 Å². The average Bonchev–Trinajstić information content (AvgIpc) is 3.40. The Morgan fingerprint density at radius 1 is 1.30 bits per heavy atom.